The average Bonchev–Trinajstić information content (AvgIpc) is 3.43. The minimum Gasteiger partial charge on any atom is -0.497 e. The molecular formula is C32H30N2O2. The minimum absolute atomic E-state index is 0.533. The summed E-state index contributed by atoms with van der Waals surface area (Å²) in [5.41, 5.74) is 4.08. The van der Waals surface area contributed by atoms with E-state index >= 15 is 0 Å². The third kappa shape index (κ3) is 4.76. The summed E-state index contributed by atoms with van der Waals surface area (Å²) in [6, 6.07) is 39.7. The number of nitrogens with zero attached hydrogens (tertiary/aromatic N) is 2. The van der Waals surface area contributed by atoms with E-state index in [0.29, 0.717) is 6.61 Å². The van der Waals surface area contributed by atoms with Gasteiger partial charge in [-0.1, -0.05) is 91.0 Å². The molecule has 36 heavy (non-hydrogen) atoms. The number of aryl methyl sites for hydroxylation is 1. The van der Waals surface area contributed by atoms with Crippen LogP contribution in [0.25, 0.3) is 0 Å². The van der Waals surface area contributed by atoms with Crippen molar-refractivity contribution in [2.24, 2.45) is 0 Å². The van der Waals surface area contributed by atoms with Gasteiger partial charge in [-0.2, -0.15) is 0 Å². The van der Waals surface area contributed by atoms with Gasteiger partial charge in [0, 0.05) is 6.20 Å². The monoisotopic (exact) mass is 474 g/mol. The van der Waals surface area contributed by atoms with Gasteiger partial charge in [-0.3, -0.25) is 0 Å². The summed E-state index contributed by atoms with van der Waals surface area (Å²) in [6.45, 7) is 0.625. The van der Waals surface area contributed by atoms with Crippen LogP contribution in [0.1, 0.15) is 28.8 Å². The van der Waals surface area contributed by atoms with E-state index in [1.807, 2.05) is 30.6 Å². The third-order valence-electron chi connectivity index (χ3n) is 6.50. The molecular weight excluding hydrogens is 444 g/mol. The van der Waals surface area contributed by atoms with Gasteiger partial charge in [-0.25, -0.2) is 4.98 Å². The molecule has 0 radical (unpaired) electrons. The first-order valence-electron chi connectivity index (χ1n) is 12.3. The van der Waals surface area contributed by atoms with Gasteiger partial charge >= 0.3 is 0 Å². The van der Waals surface area contributed by atoms with Crippen LogP contribution in [0.4, 0.5) is 0 Å². The van der Waals surface area contributed by atoms with Crippen LogP contribution in [-0.4, -0.2) is 23.3 Å². The van der Waals surface area contributed by atoms with Gasteiger partial charge in [0.05, 0.1) is 25.7 Å². The standard InChI is InChI=1S/C32H30N2O2/c1-35-30-19-21-31(22-20-30)36-23-11-18-29-24-34(25-33-29)32(26-12-5-2-6-13-26,27-14-7-3-8-15-27)28-16-9-4-10-17-28/h2-10,12-17,19-22,24-25H,11,18,23H2,1H3. The van der Waals surface area contributed by atoms with Crippen molar-refractivity contribution in [1.29, 1.82) is 0 Å². The smallest absolute Gasteiger partial charge is 0.121 e. The summed E-state index contributed by atoms with van der Waals surface area (Å²) >= 11 is 0. The number of hydrogen-bond donors (Lipinski definition) is 0. The van der Waals surface area contributed by atoms with Crippen LogP contribution in [0.3, 0.4) is 0 Å². The van der Waals surface area contributed by atoms with Crippen molar-refractivity contribution in [3.63, 3.8) is 0 Å². The Balaban J connectivity index is 1.44. The first-order valence-corrected chi connectivity index (χ1v) is 12.3. The lowest BCUT2D eigenvalue weighted by molar-refractivity contribution is 0.310. The van der Waals surface area contributed by atoms with Crippen molar-refractivity contribution in [3.8, 4) is 11.5 Å². The maximum absolute atomic E-state index is 5.92. The molecule has 0 fully saturated rings. The molecule has 4 aromatic carbocycles. The molecule has 0 amide bonds. The van der Waals surface area contributed by atoms with E-state index in [0.717, 1.165) is 30.0 Å². The fourth-order valence-corrected chi connectivity index (χ4v) is 4.78. The van der Waals surface area contributed by atoms with Crippen LogP contribution in [0.15, 0.2) is 128 Å². The van der Waals surface area contributed by atoms with Crippen LogP contribution in [0.5, 0.6) is 11.5 Å². The molecule has 4 heteroatoms. The second-order valence-corrected chi connectivity index (χ2v) is 8.71. The van der Waals surface area contributed by atoms with Gasteiger partial charge < -0.3 is 14.0 Å². The minimum atomic E-state index is -0.533. The van der Waals surface area contributed by atoms with Crippen molar-refractivity contribution in [1.82, 2.24) is 9.55 Å². The van der Waals surface area contributed by atoms with E-state index < -0.39 is 5.54 Å². The van der Waals surface area contributed by atoms with Crippen molar-refractivity contribution < 1.29 is 9.47 Å². The molecule has 0 saturated carbocycles. The van der Waals surface area contributed by atoms with Crippen molar-refractivity contribution in [2.75, 3.05) is 13.7 Å². The predicted molar refractivity (Wildman–Crippen MR) is 144 cm³/mol. The van der Waals surface area contributed by atoms with Gasteiger partial charge in [0.2, 0.25) is 0 Å². The topological polar surface area (TPSA) is 36.3 Å². The summed E-state index contributed by atoms with van der Waals surface area (Å²) in [7, 11) is 1.66. The van der Waals surface area contributed by atoms with Gasteiger partial charge in [0.25, 0.3) is 0 Å². The van der Waals surface area contributed by atoms with Crippen molar-refractivity contribution in [2.45, 2.75) is 18.4 Å². The number of aromatic nitrogens is 2. The third-order valence-corrected chi connectivity index (χ3v) is 6.50. The predicted octanol–water partition coefficient (Wildman–Crippen LogP) is 6.74. The largest absolute Gasteiger partial charge is 0.497 e. The fourth-order valence-electron chi connectivity index (χ4n) is 4.78. The summed E-state index contributed by atoms with van der Waals surface area (Å²) in [6.07, 6.45) is 5.85. The molecule has 4 nitrogen and oxygen atoms in total. The number of imidazole rings is 1. The molecule has 1 aromatic heterocycles. The SMILES string of the molecule is COc1ccc(OCCCc2cn(C(c3ccccc3)(c3ccccc3)c3ccccc3)cn2)cc1. The molecule has 0 saturated heterocycles. The summed E-state index contributed by atoms with van der Waals surface area (Å²) in [5, 5.41) is 0. The van der Waals surface area contributed by atoms with Gasteiger partial charge in [-0.05, 0) is 53.8 Å². The number of benzene rings is 4. The highest BCUT2D eigenvalue weighted by Crippen LogP contribution is 2.40. The van der Waals surface area contributed by atoms with E-state index in [1.165, 1.54) is 16.7 Å². The Bertz CT molecular complexity index is 1250. The van der Waals surface area contributed by atoms with Crippen molar-refractivity contribution >= 4 is 0 Å². The van der Waals surface area contributed by atoms with Crippen LogP contribution >= 0.6 is 0 Å². The summed E-state index contributed by atoms with van der Waals surface area (Å²) < 4.78 is 13.4. The lowest BCUT2D eigenvalue weighted by Crippen LogP contribution is -2.36. The Morgan fingerprint density at radius 2 is 1.17 bits per heavy atom. The van der Waals surface area contributed by atoms with Crippen molar-refractivity contribution in [3.05, 3.63) is 150 Å². The Kier molecular flexibility index (Phi) is 7.13. The molecule has 0 aliphatic heterocycles. The van der Waals surface area contributed by atoms with E-state index in [4.69, 9.17) is 14.5 Å². The number of hydrogen-bond acceptors (Lipinski definition) is 3. The molecule has 0 aliphatic carbocycles. The first kappa shape index (κ1) is 23.4. The van der Waals surface area contributed by atoms with Crippen LogP contribution < -0.4 is 9.47 Å². The Morgan fingerprint density at radius 3 is 1.67 bits per heavy atom. The molecule has 0 aliphatic rings. The maximum atomic E-state index is 5.92. The number of methoxy groups -OCH3 is 1. The lowest BCUT2D eigenvalue weighted by atomic mass is 9.77. The fraction of sp³-hybridized carbons (Fsp3) is 0.156. The van der Waals surface area contributed by atoms with Crippen LogP contribution in [0.2, 0.25) is 0 Å². The molecule has 1 heterocycles. The highest BCUT2D eigenvalue weighted by molar-refractivity contribution is 5.50. The Labute approximate surface area is 212 Å². The van der Waals surface area contributed by atoms with Gasteiger partial charge in [0.15, 0.2) is 0 Å². The second kappa shape index (κ2) is 11.0. The van der Waals surface area contributed by atoms with E-state index in [9.17, 15) is 0 Å². The zero-order chi connectivity index (χ0) is 24.6. The second-order valence-electron chi connectivity index (χ2n) is 8.71. The highest BCUT2D eigenvalue weighted by Gasteiger charge is 2.38. The molecule has 0 atom stereocenters. The summed E-state index contributed by atoms with van der Waals surface area (Å²) in [4.78, 5) is 4.82. The molecule has 5 rings (SSSR count). The molecule has 0 unspecified atom stereocenters. The Morgan fingerprint density at radius 1 is 0.667 bits per heavy atom. The molecule has 0 N–H and O–H groups in total. The van der Waals surface area contributed by atoms with E-state index in [1.54, 1.807) is 7.11 Å². The summed E-state index contributed by atoms with van der Waals surface area (Å²) in [5.74, 6) is 1.67. The van der Waals surface area contributed by atoms with Gasteiger partial charge in [0.1, 0.15) is 17.0 Å². The molecule has 5 aromatic rings. The highest BCUT2D eigenvalue weighted by atomic mass is 16.5. The van der Waals surface area contributed by atoms with Crippen LogP contribution in [0, 0.1) is 0 Å². The maximum Gasteiger partial charge on any atom is 0.121 e. The van der Waals surface area contributed by atoms with Crippen LogP contribution in [-0.2, 0) is 12.0 Å². The molecule has 0 bridgehead atoms. The average molecular weight is 475 g/mol. The van der Waals surface area contributed by atoms with Gasteiger partial charge in [-0.15, -0.1) is 0 Å². The molecule has 0 spiro atoms. The normalized spacial score (nSPS) is 11.2. The zero-order valence-corrected chi connectivity index (χ0v) is 20.5. The van der Waals surface area contributed by atoms with E-state index in [-0.39, 0.29) is 0 Å². The zero-order valence-electron chi connectivity index (χ0n) is 20.5. The Hall–Kier alpha value is -4.31. The quantitative estimate of drug-likeness (QED) is 0.166. The molecule has 180 valence electrons. The van der Waals surface area contributed by atoms with E-state index in [2.05, 4.69) is 102 Å². The lowest BCUT2D eigenvalue weighted by Gasteiger charge is -2.37. The number of rotatable bonds is 10. The first-order chi connectivity index (χ1) is 17.8. The number of ether oxygens (including phenoxy) is 2.